The summed E-state index contributed by atoms with van der Waals surface area (Å²) >= 11 is 7.31. The highest BCUT2D eigenvalue weighted by Crippen LogP contribution is 2.38. The Labute approximate surface area is 183 Å². The summed E-state index contributed by atoms with van der Waals surface area (Å²) in [6.45, 7) is 0. The van der Waals surface area contributed by atoms with Gasteiger partial charge in [0.05, 0.1) is 23.8 Å². The number of thiophene rings is 1. The molecule has 0 aliphatic carbocycles. The average molecular weight is 460 g/mol. The van der Waals surface area contributed by atoms with E-state index < -0.39 is 17.1 Å². The number of halogens is 2. The molecule has 4 rings (SSSR count). The minimum absolute atomic E-state index is 0.0252. The van der Waals surface area contributed by atoms with Crippen LogP contribution in [0.15, 0.2) is 51.4 Å². The first kappa shape index (κ1) is 20.8. The van der Waals surface area contributed by atoms with Gasteiger partial charge in [0, 0.05) is 47.9 Å². The summed E-state index contributed by atoms with van der Waals surface area (Å²) < 4.78 is 21.7. The molecule has 0 bridgehead atoms. The third-order valence-electron chi connectivity index (χ3n) is 4.36. The van der Waals surface area contributed by atoms with Gasteiger partial charge in [0.1, 0.15) is 4.70 Å². The summed E-state index contributed by atoms with van der Waals surface area (Å²) in [5.41, 5.74) is 0.506. The van der Waals surface area contributed by atoms with E-state index in [1.807, 2.05) is 0 Å². The molecule has 3 aromatic heterocycles. The van der Waals surface area contributed by atoms with Gasteiger partial charge in [0.15, 0.2) is 11.6 Å². The van der Waals surface area contributed by atoms with Crippen LogP contribution in [0, 0.1) is 5.82 Å². The third-order valence-corrected chi connectivity index (χ3v) is 5.83. The van der Waals surface area contributed by atoms with Crippen LogP contribution in [-0.4, -0.2) is 32.7 Å². The number of hydrogen-bond donors (Lipinski definition) is 1. The van der Waals surface area contributed by atoms with Crippen LogP contribution in [0.5, 0.6) is 5.75 Å². The molecule has 158 valence electrons. The van der Waals surface area contributed by atoms with E-state index in [-0.39, 0.29) is 10.8 Å². The van der Waals surface area contributed by atoms with E-state index in [0.29, 0.717) is 20.7 Å². The maximum Gasteiger partial charge on any atom is 0.333 e. The number of aliphatic imine (C=N–C) groups is 1. The molecule has 31 heavy (non-hydrogen) atoms. The predicted molar refractivity (Wildman–Crippen MR) is 120 cm³/mol. The van der Waals surface area contributed by atoms with Crippen LogP contribution in [0.1, 0.15) is 5.56 Å². The lowest BCUT2D eigenvalue weighted by atomic mass is 10.1. The number of aromatic nitrogens is 4. The number of aromatic amines is 1. The molecule has 0 aliphatic heterocycles. The second kappa shape index (κ2) is 8.32. The molecule has 0 fully saturated rings. The molecule has 8 nitrogen and oxygen atoms in total. The molecule has 0 amide bonds. The SMILES string of the molecule is COc1cc(-c2cc3[nH]c(=O)n(/C=C/N=Cc4cnn(C)c4)c(=O)c3s2)c(Cl)cc1F. The Bertz CT molecular complexity index is 1460. The molecule has 1 N–H and O–H groups in total. The Morgan fingerprint density at radius 2 is 2.13 bits per heavy atom. The second-order valence-corrected chi connectivity index (χ2v) is 7.91. The van der Waals surface area contributed by atoms with Crippen molar-refractivity contribution in [1.29, 1.82) is 0 Å². The number of nitrogens with zero attached hydrogens (tertiary/aromatic N) is 4. The van der Waals surface area contributed by atoms with Gasteiger partial charge in [-0.1, -0.05) is 11.6 Å². The van der Waals surface area contributed by atoms with Crippen molar-refractivity contribution in [1.82, 2.24) is 19.3 Å². The molecule has 0 radical (unpaired) electrons. The Morgan fingerprint density at radius 3 is 2.84 bits per heavy atom. The molecule has 11 heteroatoms. The monoisotopic (exact) mass is 459 g/mol. The van der Waals surface area contributed by atoms with E-state index >= 15 is 0 Å². The minimum atomic E-state index is -0.613. The lowest BCUT2D eigenvalue weighted by Gasteiger charge is -2.06. The van der Waals surface area contributed by atoms with Crippen LogP contribution < -0.4 is 16.0 Å². The molecule has 0 saturated heterocycles. The van der Waals surface area contributed by atoms with Crippen molar-refractivity contribution in [3.8, 4) is 16.2 Å². The number of rotatable bonds is 5. The van der Waals surface area contributed by atoms with Crippen molar-refractivity contribution < 1.29 is 9.13 Å². The van der Waals surface area contributed by atoms with Gasteiger partial charge in [-0.25, -0.2) is 13.8 Å². The van der Waals surface area contributed by atoms with E-state index in [4.69, 9.17) is 16.3 Å². The number of nitrogens with one attached hydrogen (secondary N) is 1. The number of H-pyrrole nitrogens is 1. The first-order valence-corrected chi connectivity index (χ1v) is 10.1. The topological polar surface area (TPSA) is 94.3 Å². The van der Waals surface area contributed by atoms with Crippen molar-refractivity contribution >= 4 is 45.6 Å². The van der Waals surface area contributed by atoms with Gasteiger partial charge < -0.3 is 9.72 Å². The molecular weight excluding hydrogens is 445 g/mol. The zero-order chi connectivity index (χ0) is 22.1. The molecule has 4 aromatic rings. The number of methoxy groups -OCH3 is 1. The van der Waals surface area contributed by atoms with Gasteiger partial charge in [-0.15, -0.1) is 11.3 Å². The van der Waals surface area contributed by atoms with Crippen LogP contribution in [-0.2, 0) is 7.05 Å². The van der Waals surface area contributed by atoms with E-state index in [0.717, 1.165) is 27.5 Å². The van der Waals surface area contributed by atoms with Gasteiger partial charge >= 0.3 is 5.69 Å². The van der Waals surface area contributed by atoms with Crippen LogP contribution in [0.25, 0.3) is 26.9 Å². The summed E-state index contributed by atoms with van der Waals surface area (Å²) in [5, 5.41) is 4.18. The molecule has 0 spiro atoms. The van der Waals surface area contributed by atoms with Gasteiger partial charge in [-0.3, -0.25) is 14.5 Å². The first-order chi connectivity index (χ1) is 14.9. The summed E-state index contributed by atoms with van der Waals surface area (Å²) in [7, 11) is 3.13. The standard InChI is InChI=1S/C20H15ClFN5O3S/c1-26-10-11(9-24-26)8-23-3-4-27-19(28)18-15(25-20(27)29)7-17(31-18)12-5-16(30-2)14(22)6-13(12)21/h3-10H,1-2H3,(H,25,29)/b4-3+,23-8?. The Balaban J connectivity index is 1.73. The maximum atomic E-state index is 13.8. The summed E-state index contributed by atoms with van der Waals surface area (Å²) in [6.07, 6.45) is 7.57. The van der Waals surface area contributed by atoms with Crippen LogP contribution in [0.2, 0.25) is 5.02 Å². The largest absolute Gasteiger partial charge is 0.494 e. The van der Waals surface area contributed by atoms with Crippen molar-refractivity contribution in [2.45, 2.75) is 0 Å². The minimum Gasteiger partial charge on any atom is -0.494 e. The molecule has 0 atom stereocenters. The molecular formula is C20H15ClFN5O3S. The zero-order valence-electron chi connectivity index (χ0n) is 16.3. The van der Waals surface area contributed by atoms with Gasteiger partial charge in [-0.2, -0.15) is 5.10 Å². The smallest absolute Gasteiger partial charge is 0.333 e. The molecule has 3 heterocycles. The fourth-order valence-corrected chi connectivity index (χ4v) is 4.29. The van der Waals surface area contributed by atoms with Crippen molar-refractivity contribution in [2.75, 3.05) is 7.11 Å². The van der Waals surface area contributed by atoms with Crippen LogP contribution in [0.4, 0.5) is 4.39 Å². The predicted octanol–water partition coefficient (Wildman–Crippen LogP) is 3.50. The van der Waals surface area contributed by atoms with Crippen molar-refractivity contribution in [3.63, 3.8) is 0 Å². The number of aryl methyl sites for hydroxylation is 1. The third kappa shape index (κ3) is 4.07. The summed E-state index contributed by atoms with van der Waals surface area (Å²) in [4.78, 5) is 32.5. The highest BCUT2D eigenvalue weighted by atomic mass is 35.5. The summed E-state index contributed by atoms with van der Waals surface area (Å²) in [6, 6.07) is 4.21. The summed E-state index contributed by atoms with van der Waals surface area (Å²) in [5.74, 6) is -0.567. The molecule has 0 unspecified atom stereocenters. The van der Waals surface area contributed by atoms with E-state index in [2.05, 4.69) is 15.1 Å². The quantitative estimate of drug-likeness (QED) is 0.462. The van der Waals surface area contributed by atoms with Crippen molar-refractivity contribution in [3.05, 3.63) is 74.0 Å². The molecule has 0 saturated carbocycles. The lowest BCUT2D eigenvalue weighted by Crippen LogP contribution is -2.30. The zero-order valence-corrected chi connectivity index (χ0v) is 17.9. The van der Waals surface area contributed by atoms with Gasteiger partial charge in [0.2, 0.25) is 0 Å². The fourth-order valence-electron chi connectivity index (χ4n) is 2.90. The molecule has 0 aliphatic rings. The highest BCUT2D eigenvalue weighted by Gasteiger charge is 2.16. The molecule has 1 aromatic carbocycles. The number of benzene rings is 1. The number of ether oxygens (including phenoxy) is 1. The number of fused-ring (bicyclic) bond motifs is 1. The highest BCUT2D eigenvalue weighted by molar-refractivity contribution is 7.22. The first-order valence-electron chi connectivity index (χ1n) is 8.87. The maximum absolute atomic E-state index is 13.8. The lowest BCUT2D eigenvalue weighted by molar-refractivity contribution is 0.387. The number of hydrogen-bond acceptors (Lipinski definition) is 6. The Kier molecular flexibility index (Phi) is 5.57. The van der Waals surface area contributed by atoms with Gasteiger partial charge in [0.25, 0.3) is 5.56 Å². The Hall–Kier alpha value is -3.50. The van der Waals surface area contributed by atoms with E-state index in [1.165, 1.54) is 25.6 Å². The van der Waals surface area contributed by atoms with Crippen molar-refractivity contribution in [2.24, 2.45) is 12.0 Å². The fraction of sp³-hybridized carbons (Fsp3) is 0.100. The van der Waals surface area contributed by atoms with E-state index in [9.17, 15) is 14.0 Å². The van der Waals surface area contributed by atoms with Crippen LogP contribution in [0.3, 0.4) is 0 Å². The van der Waals surface area contributed by atoms with E-state index in [1.54, 1.807) is 36.4 Å². The van der Waals surface area contributed by atoms with Gasteiger partial charge in [-0.05, 0) is 18.2 Å². The second-order valence-electron chi connectivity index (χ2n) is 6.45. The Morgan fingerprint density at radius 1 is 1.32 bits per heavy atom. The van der Waals surface area contributed by atoms with Crippen LogP contribution >= 0.6 is 22.9 Å². The average Bonchev–Trinajstić information content (AvgIpc) is 3.33. The normalized spacial score (nSPS) is 11.9.